The summed E-state index contributed by atoms with van der Waals surface area (Å²) >= 11 is 0. The first-order valence-corrected chi connectivity index (χ1v) is 8.45. The Kier molecular flexibility index (Phi) is 5.22. The van der Waals surface area contributed by atoms with Crippen LogP contribution in [0.2, 0.25) is 0 Å². The highest BCUT2D eigenvalue weighted by molar-refractivity contribution is 6.06. The average Bonchev–Trinajstić information content (AvgIpc) is 3.04. The number of nitrogens with one attached hydrogen (secondary N) is 3. The molecule has 0 saturated heterocycles. The Morgan fingerprint density at radius 2 is 1.85 bits per heavy atom. The molecular weight excluding hydrogens is 330 g/mol. The summed E-state index contributed by atoms with van der Waals surface area (Å²) in [7, 11) is 0. The number of hydrogen-bond donors (Lipinski definition) is 3. The molecular formula is C20H21N3O3. The SMILES string of the molecule is CCNC(=O)COc1ccc(NC(=O)c2cc3ccc(C)cc3[nH]2)cc1. The molecule has 3 rings (SSSR count). The van der Waals surface area contributed by atoms with Crippen LogP contribution < -0.4 is 15.4 Å². The third-order valence-electron chi connectivity index (χ3n) is 3.88. The van der Waals surface area contributed by atoms with Crippen LogP contribution in [0.15, 0.2) is 48.5 Å². The van der Waals surface area contributed by atoms with Crippen LogP contribution in [0.4, 0.5) is 5.69 Å². The number of amides is 2. The molecule has 0 atom stereocenters. The van der Waals surface area contributed by atoms with Crippen LogP contribution in [0.3, 0.4) is 0 Å². The van der Waals surface area contributed by atoms with Gasteiger partial charge in [0.05, 0.1) is 0 Å². The second-order valence-electron chi connectivity index (χ2n) is 5.99. The van der Waals surface area contributed by atoms with Crippen LogP contribution in [0.5, 0.6) is 5.75 Å². The van der Waals surface area contributed by atoms with Gasteiger partial charge in [0.1, 0.15) is 11.4 Å². The van der Waals surface area contributed by atoms with Gasteiger partial charge in [-0.15, -0.1) is 0 Å². The molecule has 0 aliphatic rings. The first-order valence-electron chi connectivity index (χ1n) is 8.45. The smallest absolute Gasteiger partial charge is 0.272 e. The standard InChI is InChI=1S/C20H21N3O3/c1-3-21-19(24)12-26-16-8-6-15(7-9-16)22-20(25)18-11-14-5-4-13(2)10-17(14)23-18/h4-11,23H,3,12H2,1-2H3,(H,21,24)(H,22,25). The van der Waals surface area contributed by atoms with Crippen molar-refractivity contribution in [3.63, 3.8) is 0 Å². The van der Waals surface area contributed by atoms with Gasteiger partial charge in [-0.1, -0.05) is 12.1 Å². The van der Waals surface area contributed by atoms with E-state index in [0.717, 1.165) is 16.5 Å². The summed E-state index contributed by atoms with van der Waals surface area (Å²) in [4.78, 5) is 26.9. The highest BCUT2D eigenvalue weighted by atomic mass is 16.5. The predicted molar refractivity (Wildman–Crippen MR) is 102 cm³/mol. The molecule has 6 nitrogen and oxygen atoms in total. The summed E-state index contributed by atoms with van der Waals surface area (Å²) in [5.41, 5.74) is 3.22. The molecule has 134 valence electrons. The van der Waals surface area contributed by atoms with Gasteiger partial charge in [-0.25, -0.2) is 0 Å². The zero-order valence-electron chi connectivity index (χ0n) is 14.8. The van der Waals surface area contributed by atoms with E-state index in [4.69, 9.17) is 4.74 Å². The van der Waals surface area contributed by atoms with E-state index in [-0.39, 0.29) is 18.4 Å². The molecule has 2 aromatic carbocycles. The predicted octanol–water partition coefficient (Wildman–Crippen LogP) is 3.24. The van der Waals surface area contributed by atoms with E-state index < -0.39 is 0 Å². The number of aryl methyl sites for hydroxylation is 1. The zero-order valence-corrected chi connectivity index (χ0v) is 14.8. The number of hydrogen-bond acceptors (Lipinski definition) is 3. The van der Waals surface area contributed by atoms with Crippen LogP contribution in [-0.2, 0) is 4.79 Å². The van der Waals surface area contributed by atoms with Crippen molar-refractivity contribution in [2.75, 3.05) is 18.5 Å². The number of rotatable bonds is 6. The molecule has 1 aromatic heterocycles. The van der Waals surface area contributed by atoms with E-state index in [9.17, 15) is 9.59 Å². The maximum atomic E-state index is 12.4. The molecule has 0 radical (unpaired) electrons. The largest absolute Gasteiger partial charge is 0.484 e. The van der Waals surface area contributed by atoms with E-state index >= 15 is 0 Å². The third-order valence-corrected chi connectivity index (χ3v) is 3.88. The Morgan fingerprint density at radius 1 is 1.08 bits per heavy atom. The Hall–Kier alpha value is -3.28. The molecule has 0 aliphatic heterocycles. The Morgan fingerprint density at radius 3 is 2.58 bits per heavy atom. The minimum Gasteiger partial charge on any atom is -0.484 e. The normalized spacial score (nSPS) is 10.5. The van der Waals surface area contributed by atoms with Gasteiger partial charge in [0.15, 0.2) is 6.61 Å². The van der Waals surface area contributed by atoms with Gasteiger partial charge < -0.3 is 20.4 Å². The number of benzene rings is 2. The molecule has 0 saturated carbocycles. The van der Waals surface area contributed by atoms with Gasteiger partial charge >= 0.3 is 0 Å². The van der Waals surface area contributed by atoms with Crippen molar-refractivity contribution in [2.45, 2.75) is 13.8 Å². The number of aromatic amines is 1. The fourth-order valence-electron chi connectivity index (χ4n) is 2.59. The molecule has 3 aromatic rings. The van der Waals surface area contributed by atoms with Crippen LogP contribution in [0.1, 0.15) is 23.0 Å². The van der Waals surface area contributed by atoms with Crippen LogP contribution >= 0.6 is 0 Å². The van der Waals surface area contributed by atoms with Gasteiger partial charge in [-0.3, -0.25) is 9.59 Å². The molecule has 0 aliphatic carbocycles. The third kappa shape index (κ3) is 4.22. The maximum absolute atomic E-state index is 12.4. The summed E-state index contributed by atoms with van der Waals surface area (Å²) in [6.45, 7) is 4.40. The molecule has 0 unspecified atom stereocenters. The molecule has 26 heavy (non-hydrogen) atoms. The Bertz CT molecular complexity index is 929. The Labute approximate surface area is 151 Å². The van der Waals surface area contributed by atoms with Crippen LogP contribution in [0.25, 0.3) is 10.9 Å². The van der Waals surface area contributed by atoms with Gasteiger partial charge in [0.25, 0.3) is 11.8 Å². The molecule has 3 N–H and O–H groups in total. The number of ether oxygens (including phenoxy) is 1. The van der Waals surface area contributed by atoms with Crippen molar-refractivity contribution >= 4 is 28.4 Å². The summed E-state index contributed by atoms with van der Waals surface area (Å²) < 4.78 is 5.39. The number of likely N-dealkylation sites (N-methyl/N-ethyl adjacent to an activating group) is 1. The number of H-pyrrole nitrogens is 1. The lowest BCUT2D eigenvalue weighted by atomic mass is 10.2. The molecule has 0 bridgehead atoms. The van der Waals surface area contributed by atoms with E-state index in [1.165, 1.54) is 0 Å². The minimum atomic E-state index is -0.213. The van der Waals surface area contributed by atoms with Crippen molar-refractivity contribution in [3.8, 4) is 5.75 Å². The highest BCUT2D eigenvalue weighted by Gasteiger charge is 2.10. The number of carbonyl (C=O) groups is 2. The fraction of sp³-hybridized carbons (Fsp3) is 0.200. The molecule has 6 heteroatoms. The van der Waals surface area contributed by atoms with Gasteiger partial charge in [0, 0.05) is 23.1 Å². The van der Waals surface area contributed by atoms with Gasteiger partial charge in [-0.2, -0.15) is 0 Å². The molecule has 2 amide bonds. The first-order chi connectivity index (χ1) is 12.5. The topological polar surface area (TPSA) is 83.2 Å². The van der Waals surface area contributed by atoms with Gasteiger partial charge in [0.2, 0.25) is 0 Å². The molecule has 0 spiro atoms. The molecule has 0 fully saturated rings. The summed E-state index contributed by atoms with van der Waals surface area (Å²) in [6.07, 6.45) is 0. The lowest BCUT2D eigenvalue weighted by molar-refractivity contribution is -0.122. The van der Waals surface area contributed by atoms with Gasteiger partial charge in [-0.05, 0) is 55.8 Å². The zero-order chi connectivity index (χ0) is 18.5. The Balaban J connectivity index is 1.62. The van der Waals surface area contributed by atoms with E-state index in [0.29, 0.717) is 23.7 Å². The van der Waals surface area contributed by atoms with Crippen molar-refractivity contribution < 1.29 is 14.3 Å². The lowest BCUT2D eigenvalue weighted by Crippen LogP contribution is -2.28. The summed E-state index contributed by atoms with van der Waals surface area (Å²) in [6, 6.07) is 14.7. The van der Waals surface area contributed by atoms with E-state index in [2.05, 4.69) is 15.6 Å². The van der Waals surface area contributed by atoms with Crippen molar-refractivity contribution in [3.05, 3.63) is 59.8 Å². The van der Waals surface area contributed by atoms with Crippen molar-refractivity contribution in [1.82, 2.24) is 10.3 Å². The number of aromatic nitrogens is 1. The first kappa shape index (κ1) is 17.5. The maximum Gasteiger partial charge on any atom is 0.272 e. The second kappa shape index (κ2) is 7.74. The van der Waals surface area contributed by atoms with E-state index in [1.54, 1.807) is 24.3 Å². The molecule has 1 heterocycles. The van der Waals surface area contributed by atoms with Crippen LogP contribution in [0, 0.1) is 6.92 Å². The minimum absolute atomic E-state index is 0.0337. The van der Waals surface area contributed by atoms with Crippen molar-refractivity contribution in [2.24, 2.45) is 0 Å². The van der Waals surface area contributed by atoms with Crippen molar-refractivity contribution in [1.29, 1.82) is 0 Å². The average molecular weight is 351 g/mol. The number of anilines is 1. The number of fused-ring (bicyclic) bond motifs is 1. The summed E-state index contributed by atoms with van der Waals surface area (Å²) in [5.74, 6) is 0.184. The van der Waals surface area contributed by atoms with E-state index in [1.807, 2.05) is 38.1 Å². The van der Waals surface area contributed by atoms with Crippen LogP contribution in [-0.4, -0.2) is 29.9 Å². The number of carbonyl (C=O) groups excluding carboxylic acids is 2. The monoisotopic (exact) mass is 351 g/mol. The second-order valence-corrected chi connectivity index (χ2v) is 5.99. The quantitative estimate of drug-likeness (QED) is 0.637. The lowest BCUT2D eigenvalue weighted by Gasteiger charge is -2.08. The highest BCUT2D eigenvalue weighted by Crippen LogP contribution is 2.19. The fourth-order valence-corrected chi connectivity index (χ4v) is 2.59. The summed E-state index contributed by atoms with van der Waals surface area (Å²) in [5, 5.41) is 6.50.